The molecule has 0 radical (unpaired) electrons. The first-order valence-electron chi connectivity index (χ1n) is 8.51. The number of fused-ring (bicyclic) bond motifs is 3. The van der Waals surface area contributed by atoms with Gasteiger partial charge in [-0.3, -0.25) is 0 Å². The lowest BCUT2D eigenvalue weighted by molar-refractivity contribution is 0.0598. The molecule has 0 spiro atoms. The summed E-state index contributed by atoms with van der Waals surface area (Å²) in [6, 6.07) is 12.5. The number of carbonyl (C=O) groups excluding carboxylic acids is 1. The highest BCUT2D eigenvalue weighted by Gasteiger charge is 2.41. The highest BCUT2D eigenvalue weighted by molar-refractivity contribution is 9.10. The van der Waals surface area contributed by atoms with Crippen LogP contribution in [-0.2, 0) is 4.74 Å². The minimum Gasteiger partial charge on any atom is -0.465 e. The fourth-order valence-electron chi connectivity index (χ4n) is 4.18. The number of aryl methyl sites for hydroxylation is 1. The summed E-state index contributed by atoms with van der Waals surface area (Å²) in [5, 5.41) is 3.74. The van der Waals surface area contributed by atoms with Crippen molar-refractivity contribution in [3.8, 4) is 0 Å². The molecule has 2 aromatic carbocycles. The van der Waals surface area contributed by atoms with Crippen molar-refractivity contribution < 1.29 is 9.53 Å². The van der Waals surface area contributed by atoms with E-state index in [0.717, 1.165) is 27.7 Å². The molecule has 1 aliphatic carbocycles. The molecule has 3 nitrogen and oxygen atoms in total. The summed E-state index contributed by atoms with van der Waals surface area (Å²) in [4.78, 5) is 12.3. The number of benzene rings is 2. The zero-order chi connectivity index (χ0) is 17.6. The van der Waals surface area contributed by atoms with Crippen molar-refractivity contribution >= 4 is 27.6 Å². The maximum Gasteiger partial charge on any atom is 0.338 e. The van der Waals surface area contributed by atoms with Gasteiger partial charge in [0.05, 0.1) is 18.7 Å². The molecule has 0 amide bonds. The van der Waals surface area contributed by atoms with E-state index < -0.39 is 0 Å². The summed E-state index contributed by atoms with van der Waals surface area (Å²) >= 11 is 3.70. The van der Waals surface area contributed by atoms with Gasteiger partial charge in [0.2, 0.25) is 0 Å². The van der Waals surface area contributed by atoms with Crippen LogP contribution in [0.5, 0.6) is 0 Å². The second kappa shape index (κ2) is 6.34. The average Bonchev–Trinajstić information content (AvgIpc) is 3.11. The summed E-state index contributed by atoms with van der Waals surface area (Å²) in [6.45, 7) is 2.09. The smallest absolute Gasteiger partial charge is 0.338 e. The van der Waals surface area contributed by atoms with Gasteiger partial charge in [-0.25, -0.2) is 4.79 Å². The number of methoxy groups -OCH3 is 1. The molecule has 1 N–H and O–H groups in total. The topological polar surface area (TPSA) is 38.3 Å². The van der Waals surface area contributed by atoms with E-state index in [1.807, 2.05) is 18.2 Å². The van der Waals surface area contributed by atoms with Crippen LogP contribution < -0.4 is 5.32 Å². The lowest BCUT2D eigenvalue weighted by Gasteiger charge is -2.39. The molecule has 0 bridgehead atoms. The Balaban J connectivity index is 1.89. The number of hydrogen-bond donors (Lipinski definition) is 1. The second-order valence-electron chi connectivity index (χ2n) is 6.71. The Morgan fingerprint density at radius 3 is 2.80 bits per heavy atom. The third-order valence-electron chi connectivity index (χ3n) is 5.37. The first-order valence-corrected chi connectivity index (χ1v) is 9.30. The van der Waals surface area contributed by atoms with Gasteiger partial charge in [-0.15, -0.1) is 0 Å². The van der Waals surface area contributed by atoms with E-state index in [0.29, 0.717) is 11.5 Å². The van der Waals surface area contributed by atoms with E-state index in [4.69, 9.17) is 4.74 Å². The molecule has 3 atom stereocenters. The highest BCUT2D eigenvalue weighted by Crippen LogP contribution is 2.52. The van der Waals surface area contributed by atoms with Crippen molar-refractivity contribution in [2.45, 2.75) is 25.3 Å². The normalized spacial score (nSPS) is 23.6. The average molecular weight is 398 g/mol. The fourth-order valence-corrected chi connectivity index (χ4v) is 4.71. The van der Waals surface area contributed by atoms with Crippen LogP contribution in [0.3, 0.4) is 0 Å². The summed E-state index contributed by atoms with van der Waals surface area (Å²) in [7, 11) is 1.44. The van der Waals surface area contributed by atoms with Crippen molar-refractivity contribution in [2.24, 2.45) is 5.92 Å². The number of halogens is 1. The molecular formula is C21H20BrNO2. The maximum atomic E-state index is 12.3. The monoisotopic (exact) mass is 397 g/mol. The van der Waals surface area contributed by atoms with Crippen molar-refractivity contribution in [2.75, 3.05) is 12.4 Å². The third-order valence-corrected chi connectivity index (χ3v) is 6.10. The lowest BCUT2D eigenvalue weighted by Crippen LogP contribution is -2.31. The summed E-state index contributed by atoms with van der Waals surface area (Å²) in [6.07, 6.45) is 5.48. The zero-order valence-corrected chi connectivity index (χ0v) is 15.8. The number of anilines is 1. The highest BCUT2D eigenvalue weighted by atomic mass is 79.9. The number of ether oxygens (including phenoxy) is 1. The number of carbonyl (C=O) groups is 1. The van der Waals surface area contributed by atoms with Crippen LogP contribution >= 0.6 is 15.9 Å². The van der Waals surface area contributed by atoms with Gasteiger partial charge in [0.25, 0.3) is 0 Å². The van der Waals surface area contributed by atoms with Crippen molar-refractivity contribution in [3.63, 3.8) is 0 Å². The van der Waals surface area contributed by atoms with Gasteiger partial charge in [0.15, 0.2) is 0 Å². The van der Waals surface area contributed by atoms with Crippen molar-refractivity contribution in [1.29, 1.82) is 0 Å². The van der Waals surface area contributed by atoms with E-state index in [1.54, 1.807) is 0 Å². The van der Waals surface area contributed by atoms with Gasteiger partial charge in [0.1, 0.15) is 0 Å². The quantitative estimate of drug-likeness (QED) is 0.546. The largest absolute Gasteiger partial charge is 0.465 e. The number of allylic oxidation sites excluding steroid dienone is 2. The Morgan fingerprint density at radius 2 is 2.04 bits per heavy atom. The van der Waals surface area contributed by atoms with Crippen LogP contribution in [0.2, 0.25) is 0 Å². The molecule has 4 heteroatoms. The molecule has 0 unspecified atom stereocenters. The number of esters is 1. The Labute approximate surface area is 156 Å². The van der Waals surface area contributed by atoms with Crippen molar-refractivity contribution in [1.82, 2.24) is 0 Å². The van der Waals surface area contributed by atoms with Gasteiger partial charge in [-0.1, -0.05) is 52.3 Å². The van der Waals surface area contributed by atoms with E-state index in [2.05, 4.69) is 58.5 Å². The van der Waals surface area contributed by atoms with Crippen LogP contribution in [0.15, 0.2) is 53.0 Å². The molecule has 0 saturated carbocycles. The molecule has 2 aromatic rings. The number of rotatable bonds is 2. The molecule has 4 rings (SSSR count). The van der Waals surface area contributed by atoms with Gasteiger partial charge < -0.3 is 10.1 Å². The number of nitrogens with one attached hydrogen (secondary N) is 1. The first-order chi connectivity index (χ1) is 12.1. The SMILES string of the molecule is COC(=O)c1ccc(C)c2c1[C@H]1C=CC[C@@H]1[C@@H](c1ccccc1Br)N2. The zero-order valence-electron chi connectivity index (χ0n) is 14.3. The Kier molecular flexibility index (Phi) is 4.16. The minimum atomic E-state index is -0.267. The Morgan fingerprint density at radius 1 is 1.24 bits per heavy atom. The minimum absolute atomic E-state index is 0.203. The maximum absolute atomic E-state index is 12.3. The summed E-state index contributed by atoms with van der Waals surface area (Å²) < 4.78 is 6.14. The number of hydrogen-bond acceptors (Lipinski definition) is 3. The van der Waals surface area contributed by atoms with Crippen LogP contribution in [-0.4, -0.2) is 13.1 Å². The van der Waals surface area contributed by atoms with Crippen LogP contribution in [0, 0.1) is 12.8 Å². The van der Waals surface area contributed by atoms with Crippen LogP contribution in [0.25, 0.3) is 0 Å². The molecule has 128 valence electrons. The van der Waals surface area contributed by atoms with E-state index in [9.17, 15) is 4.79 Å². The molecule has 0 aromatic heterocycles. The molecular weight excluding hydrogens is 378 g/mol. The molecule has 25 heavy (non-hydrogen) atoms. The second-order valence-corrected chi connectivity index (χ2v) is 7.56. The predicted octanol–water partition coefficient (Wildman–Crippen LogP) is 5.37. The molecule has 2 aliphatic rings. The van der Waals surface area contributed by atoms with E-state index in [-0.39, 0.29) is 17.9 Å². The molecule has 1 aliphatic heterocycles. The summed E-state index contributed by atoms with van der Waals surface area (Å²) in [5.41, 5.74) is 5.22. The van der Waals surface area contributed by atoms with Crippen molar-refractivity contribution in [3.05, 3.63) is 75.3 Å². The summed E-state index contributed by atoms with van der Waals surface area (Å²) in [5.74, 6) is 0.343. The fraction of sp³-hybridized carbons (Fsp3) is 0.286. The predicted molar refractivity (Wildman–Crippen MR) is 103 cm³/mol. The van der Waals surface area contributed by atoms with E-state index >= 15 is 0 Å². The van der Waals surface area contributed by atoms with Gasteiger partial charge in [-0.2, -0.15) is 0 Å². The van der Waals surface area contributed by atoms with Crippen LogP contribution in [0.1, 0.15) is 45.4 Å². The molecule has 0 saturated heterocycles. The third kappa shape index (κ3) is 2.60. The van der Waals surface area contributed by atoms with E-state index in [1.165, 1.54) is 12.7 Å². The first kappa shape index (κ1) is 16.4. The Hall–Kier alpha value is -2.07. The standard InChI is InChI=1S/C21H20BrNO2/c1-12-10-11-16(21(24)25-2)18-13-7-5-8-14(13)20(23-19(12)18)15-6-3-4-9-17(15)22/h3-7,9-11,13-14,20,23H,8H2,1-2H3/t13-,14-,20-/m0/s1. The molecule has 1 heterocycles. The van der Waals surface area contributed by atoms with Gasteiger partial charge >= 0.3 is 5.97 Å². The molecule has 0 fully saturated rings. The van der Waals surface area contributed by atoms with Gasteiger partial charge in [-0.05, 0) is 48.1 Å². The Bertz CT molecular complexity index is 874. The lowest BCUT2D eigenvalue weighted by atomic mass is 9.75. The van der Waals surface area contributed by atoms with Gasteiger partial charge in [0, 0.05) is 16.1 Å². The van der Waals surface area contributed by atoms with Crippen LogP contribution in [0.4, 0.5) is 5.69 Å².